The van der Waals surface area contributed by atoms with Crippen molar-refractivity contribution in [2.24, 2.45) is 0 Å². The summed E-state index contributed by atoms with van der Waals surface area (Å²) in [7, 11) is 0. The van der Waals surface area contributed by atoms with Crippen LogP contribution in [0.3, 0.4) is 0 Å². The number of carbonyl (C=O) groups is 2. The van der Waals surface area contributed by atoms with E-state index < -0.39 is 6.10 Å². The van der Waals surface area contributed by atoms with Crippen LogP contribution >= 0.6 is 0 Å². The fraction of sp³-hybridized carbons (Fsp3) is 0.722. The largest absolute Gasteiger partial charge is 0.462 e. The number of unbranched alkanes of at least 4 members (excludes halogenated alkanes) is 38. The molecule has 482 valence electrons. The van der Waals surface area contributed by atoms with Crippen molar-refractivity contribution in [1.82, 2.24) is 0 Å². The van der Waals surface area contributed by atoms with Crippen molar-refractivity contribution in [3.05, 3.63) is 122 Å². The molecule has 0 spiro atoms. The van der Waals surface area contributed by atoms with Crippen molar-refractivity contribution in [3.63, 3.8) is 0 Å². The Kier molecular flexibility index (Phi) is 70.3. The molecule has 0 amide bonds. The van der Waals surface area contributed by atoms with Gasteiger partial charge in [-0.1, -0.05) is 354 Å². The Morgan fingerprint density at radius 1 is 0.274 bits per heavy atom. The van der Waals surface area contributed by atoms with E-state index in [4.69, 9.17) is 9.47 Å². The Balaban J connectivity index is 3.43. The number of esters is 2. The summed E-state index contributed by atoms with van der Waals surface area (Å²) in [6, 6.07) is 0. The number of aliphatic hydroxyl groups is 1. The van der Waals surface area contributed by atoms with Crippen molar-refractivity contribution in [2.75, 3.05) is 13.2 Å². The Labute approximate surface area is 522 Å². The van der Waals surface area contributed by atoms with Gasteiger partial charge in [0.2, 0.25) is 0 Å². The first-order valence-corrected chi connectivity index (χ1v) is 36.1. The summed E-state index contributed by atoms with van der Waals surface area (Å²) < 4.78 is 10.8. The van der Waals surface area contributed by atoms with Crippen LogP contribution in [0.2, 0.25) is 0 Å². The molecule has 1 unspecified atom stereocenters. The van der Waals surface area contributed by atoms with Gasteiger partial charge in [-0.05, 0) is 103 Å². The first-order valence-electron chi connectivity index (χ1n) is 36.1. The lowest BCUT2D eigenvalue weighted by atomic mass is 10.0. The molecule has 0 aliphatic heterocycles. The number of allylic oxidation sites excluding steroid dienone is 20. The third kappa shape index (κ3) is 70.8. The summed E-state index contributed by atoms with van der Waals surface area (Å²) in [5, 5.41) is 9.71. The van der Waals surface area contributed by atoms with E-state index in [1.807, 2.05) is 0 Å². The van der Waals surface area contributed by atoms with Gasteiger partial charge in [-0.15, -0.1) is 0 Å². The average molecular weight is 1170 g/mol. The maximum atomic E-state index is 12.4. The molecule has 0 aliphatic rings. The Bertz CT molecular complexity index is 1650. The summed E-state index contributed by atoms with van der Waals surface area (Å²) >= 11 is 0. The highest BCUT2D eigenvalue weighted by molar-refractivity contribution is 5.70. The van der Waals surface area contributed by atoms with Gasteiger partial charge in [-0.3, -0.25) is 9.59 Å². The lowest BCUT2D eigenvalue weighted by Crippen LogP contribution is -2.28. The molecule has 0 aromatic carbocycles. The summed E-state index contributed by atoms with van der Waals surface area (Å²) in [6.07, 6.45) is 108. The van der Waals surface area contributed by atoms with Crippen LogP contribution in [0.1, 0.15) is 348 Å². The normalized spacial score (nSPS) is 12.9. The molecule has 0 radical (unpaired) electrons. The van der Waals surface area contributed by atoms with Gasteiger partial charge >= 0.3 is 11.9 Å². The fourth-order valence-electron chi connectivity index (χ4n) is 10.4. The molecular weight excluding hydrogens is 1030 g/mol. The molecule has 0 fully saturated rings. The summed E-state index contributed by atoms with van der Waals surface area (Å²) in [6.45, 7) is 3.95. The van der Waals surface area contributed by atoms with Gasteiger partial charge in [-0.25, -0.2) is 0 Å². The third-order valence-electron chi connectivity index (χ3n) is 15.8. The second-order valence-electron chi connectivity index (χ2n) is 23.9. The Morgan fingerprint density at radius 3 is 0.714 bits per heavy atom. The second-order valence-corrected chi connectivity index (χ2v) is 23.9. The van der Waals surface area contributed by atoms with Crippen LogP contribution < -0.4 is 0 Å². The van der Waals surface area contributed by atoms with E-state index in [-0.39, 0.29) is 25.2 Å². The van der Waals surface area contributed by atoms with Crippen LogP contribution in [0.4, 0.5) is 0 Å². The van der Waals surface area contributed by atoms with Crippen LogP contribution in [0.15, 0.2) is 122 Å². The molecule has 0 aromatic rings. The zero-order valence-electron chi connectivity index (χ0n) is 55.4. The highest BCUT2D eigenvalue weighted by Crippen LogP contribution is 2.18. The molecule has 0 saturated heterocycles. The lowest BCUT2D eigenvalue weighted by Gasteiger charge is -2.15. The number of hydrogen-bond acceptors (Lipinski definition) is 5. The summed E-state index contributed by atoms with van der Waals surface area (Å²) in [5.74, 6) is -0.578. The molecule has 0 saturated carbocycles. The average Bonchev–Trinajstić information content (AvgIpc) is 3.51. The van der Waals surface area contributed by atoms with Crippen LogP contribution in [0.5, 0.6) is 0 Å². The van der Waals surface area contributed by atoms with Gasteiger partial charge in [0.05, 0.1) is 6.61 Å². The minimum atomic E-state index is -0.777. The van der Waals surface area contributed by atoms with E-state index >= 15 is 0 Å². The number of carbonyl (C=O) groups excluding carboxylic acids is 2. The highest BCUT2D eigenvalue weighted by atomic mass is 16.6. The zero-order chi connectivity index (χ0) is 60.5. The number of ether oxygens (including phenoxy) is 2. The zero-order valence-corrected chi connectivity index (χ0v) is 55.4. The summed E-state index contributed by atoms with van der Waals surface area (Å²) in [5.41, 5.74) is 0. The predicted octanol–water partition coefficient (Wildman–Crippen LogP) is 25.3. The van der Waals surface area contributed by atoms with Gasteiger partial charge in [0.15, 0.2) is 6.10 Å². The number of rotatable bonds is 66. The van der Waals surface area contributed by atoms with Gasteiger partial charge in [0.25, 0.3) is 0 Å². The van der Waals surface area contributed by atoms with E-state index in [9.17, 15) is 14.7 Å². The third-order valence-corrected chi connectivity index (χ3v) is 15.8. The van der Waals surface area contributed by atoms with E-state index in [2.05, 4.69) is 135 Å². The van der Waals surface area contributed by atoms with Crippen LogP contribution in [-0.2, 0) is 19.1 Å². The molecule has 0 heterocycles. The van der Waals surface area contributed by atoms with Gasteiger partial charge in [-0.2, -0.15) is 0 Å². The van der Waals surface area contributed by atoms with Gasteiger partial charge in [0, 0.05) is 12.8 Å². The van der Waals surface area contributed by atoms with E-state index in [1.54, 1.807) is 0 Å². The molecule has 84 heavy (non-hydrogen) atoms. The smallest absolute Gasteiger partial charge is 0.306 e. The molecule has 0 aromatic heterocycles. The predicted molar refractivity (Wildman–Crippen MR) is 371 cm³/mol. The summed E-state index contributed by atoms with van der Waals surface area (Å²) in [4.78, 5) is 24.7. The Hall–Kier alpha value is -3.70. The molecule has 0 rings (SSSR count). The fourth-order valence-corrected chi connectivity index (χ4v) is 10.4. The maximum absolute atomic E-state index is 12.4. The number of aliphatic hydroxyl groups excluding tert-OH is 1. The molecular formula is C79H136O5. The monoisotopic (exact) mass is 1170 g/mol. The van der Waals surface area contributed by atoms with Crippen molar-refractivity contribution in [1.29, 1.82) is 0 Å². The minimum absolute atomic E-state index is 0.0662. The van der Waals surface area contributed by atoms with Crippen molar-refractivity contribution in [3.8, 4) is 0 Å². The van der Waals surface area contributed by atoms with Gasteiger partial charge < -0.3 is 14.6 Å². The lowest BCUT2D eigenvalue weighted by molar-refractivity contribution is -0.161. The van der Waals surface area contributed by atoms with E-state index in [0.717, 1.165) is 103 Å². The van der Waals surface area contributed by atoms with E-state index in [1.165, 1.54) is 218 Å². The van der Waals surface area contributed by atoms with Gasteiger partial charge in [0.1, 0.15) is 6.61 Å². The van der Waals surface area contributed by atoms with Crippen LogP contribution in [-0.4, -0.2) is 36.4 Å². The van der Waals surface area contributed by atoms with Crippen molar-refractivity contribution in [2.45, 2.75) is 354 Å². The molecule has 1 atom stereocenters. The molecule has 5 heteroatoms. The maximum Gasteiger partial charge on any atom is 0.306 e. The first kappa shape index (κ1) is 80.3. The van der Waals surface area contributed by atoms with E-state index in [0.29, 0.717) is 12.8 Å². The van der Waals surface area contributed by atoms with Crippen LogP contribution in [0, 0.1) is 0 Å². The molecule has 0 aliphatic carbocycles. The standard InChI is InChI=1S/C79H136O5/c1-3-5-7-9-11-13-15-17-19-21-23-25-27-29-31-33-35-36-37-38-39-40-41-42-44-46-48-50-52-54-56-58-60-62-64-66-68-70-72-74-79(82)84-77(75-80)76-83-78(81)73-71-69-67-65-63-61-59-57-55-53-51-49-47-45-43-34-32-30-28-26-24-22-20-18-16-14-12-10-8-6-4-2/h5-8,11-14,17-20,23-26,29-32,77,80H,3-4,9-10,15-16,21-22,27-28,33-76H2,1-2H3/b7-5-,8-6-,13-11-,14-12-,19-17-,20-18-,25-23-,26-24-,31-29-,32-30-. The second kappa shape index (κ2) is 73.6. The number of hydrogen-bond donors (Lipinski definition) is 1. The molecule has 0 bridgehead atoms. The van der Waals surface area contributed by atoms with Crippen molar-refractivity contribution < 1.29 is 24.2 Å². The molecule has 1 N–H and O–H groups in total. The topological polar surface area (TPSA) is 72.8 Å². The minimum Gasteiger partial charge on any atom is -0.462 e. The first-order chi connectivity index (χ1) is 41.6. The van der Waals surface area contributed by atoms with Crippen molar-refractivity contribution >= 4 is 11.9 Å². The quantitative estimate of drug-likeness (QED) is 0.0373. The highest BCUT2D eigenvalue weighted by Gasteiger charge is 2.16. The van der Waals surface area contributed by atoms with Crippen LogP contribution in [0.25, 0.3) is 0 Å². The Morgan fingerprint density at radius 2 is 0.476 bits per heavy atom. The SMILES string of the molecule is CC/C=C\C/C=C\C/C=C\C/C=C\C/C=C\CCCCCCCCCCCCCCCCCCCCCCCCCC(=O)OC(CO)COC(=O)CCCCCCCCCCCCCCCCC/C=C\C/C=C\C/C=C\C/C=C\C/C=C\CC. The molecule has 5 nitrogen and oxygen atoms in total.